The Morgan fingerprint density at radius 3 is 2.50 bits per heavy atom. The van der Waals surface area contributed by atoms with Gasteiger partial charge in [0.2, 0.25) is 0 Å². The van der Waals surface area contributed by atoms with Gasteiger partial charge in [-0.2, -0.15) is 0 Å². The molecule has 7 nitrogen and oxygen atoms in total. The van der Waals surface area contributed by atoms with E-state index in [2.05, 4.69) is 15.5 Å². The topological polar surface area (TPSA) is 91.6 Å². The molecule has 28 heavy (non-hydrogen) atoms. The maximum absolute atomic E-state index is 12.2. The highest BCUT2D eigenvalue weighted by molar-refractivity contribution is 7.91. The molecule has 1 saturated heterocycles. The van der Waals surface area contributed by atoms with E-state index in [9.17, 15) is 13.2 Å². The molecule has 3 rings (SSSR count). The number of likely N-dealkylation sites (tertiary alicyclic amines) is 1. The first-order valence-corrected chi connectivity index (χ1v) is 11.3. The predicted octanol–water partition coefficient (Wildman–Crippen LogP) is 2.58. The van der Waals surface area contributed by atoms with Gasteiger partial charge in [0.1, 0.15) is 5.76 Å². The molecular formula is C20H27N3O4S. The molecule has 1 aliphatic heterocycles. The van der Waals surface area contributed by atoms with E-state index in [1.165, 1.54) is 0 Å². The van der Waals surface area contributed by atoms with Gasteiger partial charge in [0.25, 0.3) is 0 Å². The minimum Gasteiger partial charge on any atom is -0.468 e. The third-order valence-electron chi connectivity index (χ3n) is 4.89. The van der Waals surface area contributed by atoms with Crippen LogP contribution in [0.15, 0.2) is 58.0 Å². The Morgan fingerprint density at radius 1 is 1.07 bits per heavy atom. The van der Waals surface area contributed by atoms with Crippen LogP contribution in [0.3, 0.4) is 0 Å². The van der Waals surface area contributed by atoms with Crippen molar-refractivity contribution in [3.63, 3.8) is 0 Å². The maximum atomic E-state index is 12.2. The van der Waals surface area contributed by atoms with Crippen molar-refractivity contribution in [1.29, 1.82) is 0 Å². The summed E-state index contributed by atoms with van der Waals surface area (Å²) in [5, 5.41) is 5.61. The molecule has 2 heterocycles. The predicted molar refractivity (Wildman–Crippen MR) is 107 cm³/mol. The van der Waals surface area contributed by atoms with Crippen LogP contribution in [-0.2, 0) is 9.84 Å². The monoisotopic (exact) mass is 405 g/mol. The lowest BCUT2D eigenvalue weighted by Gasteiger charge is -2.26. The zero-order chi connectivity index (χ0) is 19.8. The number of furan rings is 1. The molecule has 1 aliphatic rings. The third-order valence-corrected chi connectivity index (χ3v) is 6.70. The third kappa shape index (κ3) is 5.59. The summed E-state index contributed by atoms with van der Waals surface area (Å²) in [6.07, 6.45) is 4.31. The molecule has 1 fully saturated rings. The molecule has 1 atom stereocenters. The Kier molecular flexibility index (Phi) is 7.11. The van der Waals surface area contributed by atoms with Crippen molar-refractivity contribution < 1.29 is 17.6 Å². The van der Waals surface area contributed by atoms with Gasteiger partial charge in [0.15, 0.2) is 9.84 Å². The SMILES string of the molecule is O=C(NCCCS(=O)(=O)c1ccccc1)NCC(c1ccco1)N1CCCC1. The van der Waals surface area contributed by atoms with Crippen LogP contribution in [0.4, 0.5) is 4.79 Å². The molecule has 0 saturated carbocycles. The van der Waals surface area contributed by atoms with Crippen molar-refractivity contribution in [2.75, 3.05) is 31.9 Å². The summed E-state index contributed by atoms with van der Waals surface area (Å²) >= 11 is 0. The first kappa shape index (κ1) is 20.4. The molecule has 0 aliphatic carbocycles. The fraction of sp³-hybridized carbons (Fsp3) is 0.450. The van der Waals surface area contributed by atoms with Gasteiger partial charge in [-0.05, 0) is 56.6 Å². The zero-order valence-corrected chi connectivity index (χ0v) is 16.7. The van der Waals surface area contributed by atoms with Crippen LogP contribution in [0.1, 0.15) is 31.1 Å². The van der Waals surface area contributed by atoms with Crippen LogP contribution < -0.4 is 10.6 Å². The minimum atomic E-state index is -3.32. The summed E-state index contributed by atoms with van der Waals surface area (Å²) < 4.78 is 30.0. The summed E-state index contributed by atoms with van der Waals surface area (Å²) in [5.74, 6) is 0.844. The highest BCUT2D eigenvalue weighted by Crippen LogP contribution is 2.24. The van der Waals surface area contributed by atoms with Gasteiger partial charge in [-0.25, -0.2) is 13.2 Å². The van der Waals surface area contributed by atoms with Crippen molar-refractivity contribution >= 4 is 15.9 Å². The molecular weight excluding hydrogens is 378 g/mol. The van der Waals surface area contributed by atoms with E-state index in [1.807, 2.05) is 12.1 Å². The number of rotatable bonds is 9. The van der Waals surface area contributed by atoms with Crippen LogP contribution in [0.2, 0.25) is 0 Å². The molecule has 0 spiro atoms. The van der Waals surface area contributed by atoms with E-state index < -0.39 is 9.84 Å². The lowest BCUT2D eigenvalue weighted by Crippen LogP contribution is -2.42. The Hall–Kier alpha value is -2.32. The Morgan fingerprint density at radius 2 is 1.82 bits per heavy atom. The lowest BCUT2D eigenvalue weighted by molar-refractivity contribution is 0.203. The second-order valence-corrected chi connectivity index (χ2v) is 9.01. The summed E-state index contributed by atoms with van der Waals surface area (Å²) in [4.78, 5) is 14.7. The number of hydrogen-bond acceptors (Lipinski definition) is 5. The van der Waals surface area contributed by atoms with Crippen molar-refractivity contribution in [3.05, 3.63) is 54.5 Å². The van der Waals surface area contributed by atoms with Crippen LogP contribution in [0, 0.1) is 0 Å². The quantitative estimate of drug-likeness (QED) is 0.626. The Labute approximate surface area is 166 Å². The molecule has 1 unspecified atom stereocenters. The van der Waals surface area contributed by atoms with Gasteiger partial charge in [-0.1, -0.05) is 18.2 Å². The first-order chi connectivity index (χ1) is 13.6. The van der Waals surface area contributed by atoms with E-state index in [-0.39, 0.29) is 17.8 Å². The lowest BCUT2D eigenvalue weighted by atomic mass is 10.2. The number of carbonyl (C=O) groups is 1. The minimum absolute atomic E-state index is 0.0000907. The fourth-order valence-electron chi connectivity index (χ4n) is 3.41. The average molecular weight is 406 g/mol. The van der Waals surface area contributed by atoms with E-state index in [1.54, 1.807) is 36.6 Å². The summed E-state index contributed by atoms with van der Waals surface area (Å²) in [5.41, 5.74) is 0. The second-order valence-electron chi connectivity index (χ2n) is 6.90. The number of carbonyl (C=O) groups excluding carboxylic acids is 1. The van der Waals surface area contributed by atoms with Crippen molar-refractivity contribution in [2.45, 2.75) is 30.2 Å². The van der Waals surface area contributed by atoms with E-state index >= 15 is 0 Å². The smallest absolute Gasteiger partial charge is 0.314 e. The van der Waals surface area contributed by atoms with Gasteiger partial charge in [0, 0.05) is 13.1 Å². The number of amides is 2. The zero-order valence-electron chi connectivity index (χ0n) is 15.8. The molecule has 8 heteroatoms. The van der Waals surface area contributed by atoms with Gasteiger partial charge < -0.3 is 15.1 Å². The molecule has 2 aromatic rings. The molecule has 0 bridgehead atoms. The number of urea groups is 1. The maximum Gasteiger partial charge on any atom is 0.314 e. The molecule has 2 N–H and O–H groups in total. The molecule has 0 radical (unpaired) electrons. The highest BCUT2D eigenvalue weighted by atomic mass is 32.2. The van der Waals surface area contributed by atoms with E-state index in [0.29, 0.717) is 24.4 Å². The fourth-order valence-corrected chi connectivity index (χ4v) is 4.74. The number of nitrogens with zero attached hydrogens (tertiary/aromatic N) is 1. The van der Waals surface area contributed by atoms with Crippen LogP contribution >= 0.6 is 0 Å². The summed E-state index contributed by atoms with van der Waals surface area (Å²) in [6.45, 7) is 2.73. The first-order valence-electron chi connectivity index (χ1n) is 9.63. The van der Waals surface area contributed by atoms with Gasteiger partial charge in [0.05, 0.1) is 23.0 Å². The Bertz CT molecular complexity index is 832. The number of nitrogens with one attached hydrogen (secondary N) is 2. The molecule has 1 aromatic heterocycles. The second kappa shape index (κ2) is 9.75. The van der Waals surface area contributed by atoms with Crippen LogP contribution in [-0.4, -0.2) is 51.3 Å². The number of benzene rings is 1. The Balaban J connectivity index is 1.41. The summed E-state index contributed by atoms with van der Waals surface area (Å²) in [6, 6.07) is 11.9. The van der Waals surface area contributed by atoms with E-state index in [4.69, 9.17) is 4.42 Å². The largest absolute Gasteiger partial charge is 0.468 e. The average Bonchev–Trinajstić information content (AvgIpc) is 3.41. The molecule has 1 aromatic carbocycles. The van der Waals surface area contributed by atoms with Crippen molar-refractivity contribution in [3.8, 4) is 0 Å². The highest BCUT2D eigenvalue weighted by Gasteiger charge is 2.25. The number of sulfone groups is 1. The molecule has 2 amide bonds. The van der Waals surface area contributed by atoms with Gasteiger partial charge >= 0.3 is 6.03 Å². The normalized spacial score (nSPS) is 16.0. The van der Waals surface area contributed by atoms with Crippen molar-refractivity contribution in [2.24, 2.45) is 0 Å². The van der Waals surface area contributed by atoms with Crippen molar-refractivity contribution in [1.82, 2.24) is 15.5 Å². The van der Waals surface area contributed by atoms with Gasteiger partial charge in [-0.3, -0.25) is 4.90 Å². The van der Waals surface area contributed by atoms with Crippen LogP contribution in [0.25, 0.3) is 0 Å². The summed E-state index contributed by atoms with van der Waals surface area (Å²) in [7, 11) is -3.32. The van der Waals surface area contributed by atoms with E-state index in [0.717, 1.165) is 31.7 Å². The van der Waals surface area contributed by atoms with Crippen LogP contribution in [0.5, 0.6) is 0 Å². The number of hydrogen-bond donors (Lipinski definition) is 2. The van der Waals surface area contributed by atoms with Gasteiger partial charge in [-0.15, -0.1) is 0 Å². The molecule has 152 valence electrons. The standard InChI is InChI=1S/C20H27N3O4S/c24-20(21-11-7-15-28(25,26)17-8-2-1-3-9-17)22-16-18(19-10-6-14-27-19)23-12-4-5-13-23/h1-3,6,8-10,14,18H,4-5,7,11-13,15-16H2,(H2,21,22,24).